The Morgan fingerprint density at radius 3 is 2.22 bits per heavy atom. The van der Waals surface area contributed by atoms with Gasteiger partial charge in [0, 0.05) is 45.1 Å². The minimum Gasteiger partial charge on any atom is -0.444 e. The summed E-state index contributed by atoms with van der Waals surface area (Å²) in [5.41, 5.74) is 1.35. The summed E-state index contributed by atoms with van der Waals surface area (Å²) < 4.78 is 44.1. The molecule has 0 spiro atoms. The summed E-state index contributed by atoms with van der Waals surface area (Å²) in [5, 5.41) is 36.4. The number of ketones is 2. The van der Waals surface area contributed by atoms with Gasteiger partial charge in [0.25, 0.3) is 0 Å². The van der Waals surface area contributed by atoms with Gasteiger partial charge in [-0.15, -0.1) is 0 Å². The number of carbonyl (C=O) groups excluding carboxylic acids is 3. The minimum absolute atomic E-state index is 0.00347. The standard InChI is InChI=1S/C45H69NO13/c1-22-14-30-10-12-33-23(2)15-29(53-33)9-8-26(47)18-38-39(50)42-43(58-38)40(51)41-34(57-42)13-11-31(55-41)16-27(48)17-32-25(4)35(56-37(32)20-36(54-30)24(22)3)19-28(49)21-46-44(52)59-45(5,6)7/h22,25,28-43,49-51H,2-3,8-21H2,1,4-7H3,(H,46,52)/t22-,25-,28+,29+,30+,31-,32-,33?,34+,35-,36?,37+,38-,39+,40+,41+,42+,43+/m1/s1. The fourth-order valence-electron chi connectivity index (χ4n) is 10.7. The van der Waals surface area contributed by atoms with E-state index in [1.807, 2.05) is 0 Å². The van der Waals surface area contributed by atoms with Crippen LogP contribution in [0, 0.1) is 17.8 Å². The molecule has 18 atom stereocenters. The fourth-order valence-corrected chi connectivity index (χ4v) is 10.7. The molecule has 0 saturated carbocycles. The number of aliphatic hydroxyl groups is 3. The lowest BCUT2D eigenvalue weighted by Crippen LogP contribution is -2.61. The van der Waals surface area contributed by atoms with Gasteiger partial charge >= 0.3 is 6.09 Å². The molecule has 4 N–H and O–H groups in total. The number of hydrogen-bond acceptors (Lipinski definition) is 13. The molecule has 7 aliphatic rings. The number of amides is 1. The molecule has 7 fully saturated rings. The van der Waals surface area contributed by atoms with E-state index in [0.29, 0.717) is 32.1 Å². The van der Waals surface area contributed by atoms with Crippen molar-refractivity contribution in [2.75, 3.05) is 6.54 Å². The predicted octanol–water partition coefficient (Wildman–Crippen LogP) is 4.42. The lowest BCUT2D eigenvalue weighted by molar-refractivity contribution is -0.259. The Balaban J connectivity index is 1.08. The molecule has 14 heteroatoms. The molecule has 0 aromatic carbocycles. The van der Waals surface area contributed by atoms with Crippen LogP contribution >= 0.6 is 0 Å². The second-order valence-electron chi connectivity index (χ2n) is 19.7. The SMILES string of the molecule is C=C1C[C@@H]2CCC(=O)C[C@H]3O[C@H]4[C@@H](O)[C@H]5O[C@H](CC[C@@H]5O[C@H]4[C@H]3O)CC(=O)C[C@@H]3[C@@H](C)[C@@H](C[C@H](O)CNC(=O)OC(C)(C)C)O[C@H]3CC3O[C@@H](CCC1O2)C[C@@H](C)C3=C. The number of carbonyl (C=O) groups is 3. The molecule has 7 rings (SSSR count). The van der Waals surface area contributed by atoms with E-state index in [4.69, 9.17) is 33.2 Å². The maximum Gasteiger partial charge on any atom is 0.407 e. The van der Waals surface area contributed by atoms with Gasteiger partial charge in [-0.2, -0.15) is 0 Å². The van der Waals surface area contributed by atoms with Crippen LogP contribution in [0.5, 0.6) is 0 Å². The van der Waals surface area contributed by atoms with Gasteiger partial charge < -0.3 is 53.8 Å². The number of alkyl carbamates (subject to hydrolysis) is 1. The normalized spacial score (nSPS) is 44.2. The Bertz CT molecular complexity index is 1550. The van der Waals surface area contributed by atoms with Crippen LogP contribution in [-0.4, -0.2) is 137 Å². The van der Waals surface area contributed by atoms with Crippen molar-refractivity contribution >= 4 is 17.7 Å². The van der Waals surface area contributed by atoms with Crippen molar-refractivity contribution in [3.05, 3.63) is 24.3 Å². The van der Waals surface area contributed by atoms with Crippen molar-refractivity contribution in [3.8, 4) is 0 Å². The van der Waals surface area contributed by atoms with E-state index in [0.717, 1.165) is 30.4 Å². The second-order valence-corrected chi connectivity index (χ2v) is 19.7. The van der Waals surface area contributed by atoms with Crippen molar-refractivity contribution in [2.24, 2.45) is 17.8 Å². The Hall–Kier alpha value is -2.27. The quantitative estimate of drug-likeness (QED) is 0.292. The summed E-state index contributed by atoms with van der Waals surface area (Å²) in [6.45, 7) is 18.3. The summed E-state index contributed by atoms with van der Waals surface area (Å²) in [5.74, 6) is -0.102. The lowest BCUT2D eigenvalue weighted by Gasteiger charge is -2.46. The third-order valence-corrected chi connectivity index (χ3v) is 14.0. The number of nitrogens with one attached hydrogen (secondary N) is 1. The second kappa shape index (κ2) is 18.6. The van der Waals surface area contributed by atoms with E-state index >= 15 is 0 Å². The molecule has 7 saturated heterocycles. The number of hydrogen-bond donors (Lipinski definition) is 4. The molecular formula is C45H69NO13. The number of rotatable bonds is 4. The van der Waals surface area contributed by atoms with Gasteiger partial charge in [-0.3, -0.25) is 9.59 Å². The van der Waals surface area contributed by atoms with E-state index in [1.54, 1.807) is 20.8 Å². The highest BCUT2D eigenvalue weighted by atomic mass is 16.6. The molecule has 7 heterocycles. The summed E-state index contributed by atoms with van der Waals surface area (Å²) in [6, 6.07) is 0. The van der Waals surface area contributed by atoms with Crippen LogP contribution in [0.25, 0.3) is 0 Å². The highest BCUT2D eigenvalue weighted by Gasteiger charge is 2.57. The van der Waals surface area contributed by atoms with E-state index in [9.17, 15) is 29.7 Å². The molecule has 59 heavy (non-hydrogen) atoms. The third-order valence-electron chi connectivity index (χ3n) is 14.0. The van der Waals surface area contributed by atoms with E-state index < -0.39 is 66.6 Å². The molecule has 8 bridgehead atoms. The Labute approximate surface area is 349 Å². The molecule has 2 unspecified atom stereocenters. The van der Waals surface area contributed by atoms with Crippen molar-refractivity contribution < 1.29 is 62.9 Å². The predicted molar refractivity (Wildman–Crippen MR) is 214 cm³/mol. The molecule has 0 aliphatic carbocycles. The molecule has 14 nitrogen and oxygen atoms in total. The zero-order valence-electron chi connectivity index (χ0n) is 35.6. The molecule has 0 aromatic rings. The topological polar surface area (TPSA) is 189 Å². The first-order valence-electron chi connectivity index (χ1n) is 22.3. The zero-order valence-corrected chi connectivity index (χ0v) is 35.6. The Morgan fingerprint density at radius 1 is 0.763 bits per heavy atom. The van der Waals surface area contributed by atoms with Gasteiger partial charge in [-0.1, -0.05) is 27.0 Å². The zero-order chi connectivity index (χ0) is 42.3. The molecule has 0 aromatic heterocycles. The molecule has 7 aliphatic heterocycles. The highest BCUT2D eigenvalue weighted by molar-refractivity contribution is 5.79. The average Bonchev–Trinajstić information content (AvgIpc) is 3.78. The van der Waals surface area contributed by atoms with Crippen LogP contribution in [0.1, 0.15) is 118 Å². The van der Waals surface area contributed by atoms with Crippen LogP contribution in [-0.2, 0) is 42.7 Å². The van der Waals surface area contributed by atoms with E-state index in [1.165, 1.54) is 0 Å². The number of aliphatic hydroxyl groups excluding tert-OH is 3. The highest BCUT2D eigenvalue weighted by Crippen LogP contribution is 2.44. The van der Waals surface area contributed by atoms with Gasteiger partial charge in [-0.05, 0) is 94.6 Å². The van der Waals surface area contributed by atoms with Crippen molar-refractivity contribution in [2.45, 2.75) is 215 Å². The Kier molecular flexibility index (Phi) is 14.1. The molecule has 1 amide bonds. The minimum atomic E-state index is -1.10. The average molecular weight is 832 g/mol. The Morgan fingerprint density at radius 2 is 1.46 bits per heavy atom. The van der Waals surface area contributed by atoms with Gasteiger partial charge in [0.05, 0.1) is 61.0 Å². The summed E-state index contributed by atoms with van der Waals surface area (Å²) in [4.78, 5) is 39.5. The van der Waals surface area contributed by atoms with Crippen LogP contribution in [0.15, 0.2) is 24.3 Å². The maximum absolute atomic E-state index is 14.0. The van der Waals surface area contributed by atoms with Crippen LogP contribution in [0.4, 0.5) is 4.79 Å². The summed E-state index contributed by atoms with van der Waals surface area (Å²) in [7, 11) is 0. The van der Waals surface area contributed by atoms with Gasteiger partial charge in [0.1, 0.15) is 47.7 Å². The molecule has 332 valence electrons. The molecular weight excluding hydrogens is 762 g/mol. The monoisotopic (exact) mass is 831 g/mol. The first-order valence-corrected chi connectivity index (χ1v) is 22.3. The summed E-state index contributed by atoms with van der Waals surface area (Å²) in [6.07, 6.45) is -3.04. The third kappa shape index (κ3) is 10.7. The smallest absolute Gasteiger partial charge is 0.407 e. The van der Waals surface area contributed by atoms with E-state index in [-0.39, 0.29) is 105 Å². The summed E-state index contributed by atoms with van der Waals surface area (Å²) >= 11 is 0. The lowest BCUT2D eigenvalue weighted by atomic mass is 9.78. The van der Waals surface area contributed by atoms with Crippen LogP contribution in [0.2, 0.25) is 0 Å². The number of fused-ring (bicyclic) bond motifs is 7. The first kappa shape index (κ1) is 44.8. The van der Waals surface area contributed by atoms with Crippen LogP contribution < -0.4 is 5.32 Å². The van der Waals surface area contributed by atoms with Gasteiger partial charge in [-0.25, -0.2) is 4.79 Å². The van der Waals surface area contributed by atoms with Gasteiger partial charge in [0.2, 0.25) is 0 Å². The fraction of sp³-hybridized carbons (Fsp3) is 0.844. The molecule has 0 radical (unpaired) electrons. The van der Waals surface area contributed by atoms with Gasteiger partial charge in [0.15, 0.2) is 0 Å². The maximum atomic E-state index is 14.0. The van der Waals surface area contributed by atoms with Crippen molar-refractivity contribution in [1.29, 1.82) is 0 Å². The first-order chi connectivity index (χ1) is 27.9. The number of Topliss-reactive ketones (excluding diaryl/α,β-unsaturated/α-hetero) is 2. The number of ether oxygens (including phenoxy) is 7. The van der Waals surface area contributed by atoms with E-state index in [2.05, 4.69) is 32.3 Å². The largest absolute Gasteiger partial charge is 0.444 e. The van der Waals surface area contributed by atoms with Crippen LogP contribution in [0.3, 0.4) is 0 Å². The van der Waals surface area contributed by atoms with Crippen molar-refractivity contribution in [3.63, 3.8) is 0 Å². The van der Waals surface area contributed by atoms with Crippen molar-refractivity contribution in [1.82, 2.24) is 5.32 Å².